The molecule has 4 nitrogen and oxygen atoms in total. The SMILES string of the molecule is CCOc1ccc(/C=C/C(=O)Nc2ccccc2C)cc1OC. The number of para-hydroxylation sites is 1. The predicted octanol–water partition coefficient (Wildman–Crippen LogP) is 4.05. The molecule has 0 unspecified atom stereocenters. The number of ether oxygens (including phenoxy) is 2. The zero-order valence-electron chi connectivity index (χ0n) is 13.6. The average Bonchev–Trinajstić information content (AvgIpc) is 2.56. The Morgan fingerprint density at radius 1 is 1.17 bits per heavy atom. The molecule has 0 saturated carbocycles. The van der Waals surface area contributed by atoms with Crippen LogP contribution in [0.3, 0.4) is 0 Å². The molecule has 0 aliphatic rings. The van der Waals surface area contributed by atoms with Crippen molar-refractivity contribution in [3.8, 4) is 11.5 Å². The van der Waals surface area contributed by atoms with E-state index >= 15 is 0 Å². The number of hydrogen-bond donors (Lipinski definition) is 1. The molecule has 4 heteroatoms. The van der Waals surface area contributed by atoms with Crippen LogP contribution >= 0.6 is 0 Å². The number of amides is 1. The van der Waals surface area contributed by atoms with E-state index < -0.39 is 0 Å². The zero-order valence-corrected chi connectivity index (χ0v) is 13.6. The topological polar surface area (TPSA) is 47.6 Å². The van der Waals surface area contributed by atoms with Gasteiger partial charge in [-0.1, -0.05) is 24.3 Å². The fourth-order valence-electron chi connectivity index (χ4n) is 2.12. The van der Waals surface area contributed by atoms with Crippen molar-refractivity contribution in [3.63, 3.8) is 0 Å². The number of carbonyl (C=O) groups excluding carboxylic acids is 1. The predicted molar refractivity (Wildman–Crippen MR) is 93.0 cm³/mol. The lowest BCUT2D eigenvalue weighted by Crippen LogP contribution is -2.08. The largest absolute Gasteiger partial charge is 0.493 e. The first-order valence-corrected chi connectivity index (χ1v) is 7.49. The molecule has 0 atom stereocenters. The van der Waals surface area contributed by atoms with Crippen LogP contribution in [0.5, 0.6) is 11.5 Å². The van der Waals surface area contributed by atoms with Crippen LogP contribution in [0.4, 0.5) is 5.69 Å². The van der Waals surface area contributed by atoms with E-state index in [1.165, 1.54) is 6.08 Å². The highest BCUT2D eigenvalue weighted by atomic mass is 16.5. The second-order valence-corrected chi connectivity index (χ2v) is 4.98. The van der Waals surface area contributed by atoms with Crippen LogP contribution in [-0.2, 0) is 4.79 Å². The average molecular weight is 311 g/mol. The summed E-state index contributed by atoms with van der Waals surface area (Å²) >= 11 is 0. The Morgan fingerprint density at radius 3 is 2.65 bits per heavy atom. The number of anilines is 1. The molecule has 0 bridgehead atoms. The lowest BCUT2D eigenvalue weighted by Gasteiger charge is -2.09. The molecule has 0 spiro atoms. The van der Waals surface area contributed by atoms with Gasteiger partial charge in [-0.05, 0) is 49.2 Å². The van der Waals surface area contributed by atoms with E-state index in [-0.39, 0.29) is 5.91 Å². The van der Waals surface area contributed by atoms with Crippen LogP contribution < -0.4 is 14.8 Å². The van der Waals surface area contributed by atoms with Gasteiger partial charge < -0.3 is 14.8 Å². The summed E-state index contributed by atoms with van der Waals surface area (Å²) in [7, 11) is 1.59. The van der Waals surface area contributed by atoms with E-state index in [9.17, 15) is 4.79 Å². The van der Waals surface area contributed by atoms with Crippen molar-refractivity contribution in [2.45, 2.75) is 13.8 Å². The van der Waals surface area contributed by atoms with Crippen molar-refractivity contribution in [2.75, 3.05) is 19.0 Å². The molecule has 0 aromatic heterocycles. The van der Waals surface area contributed by atoms with Gasteiger partial charge >= 0.3 is 0 Å². The van der Waals surface area contributed by atoms with Gasteiger partial charge in [0.15, 0.2) is 11.5 Å². The minimum absolute atomic E-state index is 0.174. The summed E-state index contributed by atoms with van der Waals surface area (Å²) in [5.74, 6) is 1.16. The molecule has 1 N–H and O–H groups in total. The second-order valence-electron chi connectivity index (χ2n) is 4.98. The molecular weight excluding hydrogens is 290 g/mol. The third kappa shape index (κ3) is 4.61. The summed E-state index contributed by atoms with van der Waals surface area (Å²) in [6.45, 7) is 4.45. The lowest BCUT2D eigenvalue weighted by atomic mass is 10.1. The maximum absolute atomic E-state index is 12.0. The summed E-state index contributed by atoms with van der Waals surface area (Å²) < 4.78 is 10.8. The zero-order chi connectivity index (χ0) is 16.7. The van der Waals surface area contributed by atoms with Crippen molar-refractivity contribution in [2.24, 2.45) is 0 Å². The molecule has 0 heterocycles. The number of hydrogen-bond acceptors (Lipinski definition) is 3. The smallest absolute Gasteiger partial charge is 0.248 e. The number of carbonyl (C=O) groups is 1. The summed E-state index contributed by atoms with van der Waals surface area (Å²) in [4.78, 5) is 12.0. The molecule has 1 amide bonds. The van der Waals surface area contributed by atoms with E-state index in [0.29, 0.717) is 18.1 Å². The van der Waals surface area contributed by atoms with Gasteiger partial charge in [0, 0.05) is 11.8 Å². The van der Waals surface area contributed by atoms with Crippen molar-refractivity contribution >= 4 is 17.7 Å². The number of benzene rings is 2. The highest BCUT2D eigenvalue weighted by Crippen LogP contribution is 2.28. The Morgan fingerprint density at radius 2 is 1.96 bits per heavy atom. The van der Waals surface area contributed by atoms with Gasteiger partial charge in [-0.15, -0.1) is 0 Å². The Labute approximate surface area is 136 Å². The van der Waals surface area contributed by atoms with E-state index in [1.54, 1.807) is 13.2 Å². The maximum Gasteiger partial charge on any atom is 0.248 e. The van der Waals surface area contributed by atoms with Gasteiger partial charge in [-0.25, -0.2) is 0 Å². The minimum Gasteiger partial charge on any atom is -0.493 e. The molecular formula is C19H21NO3. The Hall–Kier alpha value is -2.75. The van der Waals surface area contributed by atoms with Gasteiger partial charge in [0.25, 0.3) is 0 Å². The van der Waals surface area contributed by atoms with Crippen LogP contribution in [0.15, 0.2) is 48.5 Å². The van der Waals surface area contributed by atoms with Gasteiger partial charge in [0.05, 0.1) is 13.7 Å². The molecule has 23 heavy (non-hydrogen) atoms. The van der Waals surface area contributed by atoms with E-state index in [1.807, 2.05) is 56.3 Å². The molecule has 120 valence electrons. The van der Waals surface area contributed by atoms with Crippen molar-refractivity contribution in [1.82, 2.24) is 0 Å². The fraction of sp³-hybridized carbons (Fsp3) is 0.211. The summed E-state index contributed by atoms with van der Waals surface area (Å²) in [5, 5.41) is 2.86. The monoisotopic (exact) mass is 311 g/mol. The number of methoxy groups -OCH3 is 1. The molecule has 2 rings (SSSR count). The molecule has 0 aliphatic carbocycles. The molecule has 0 saturated heterocycles. The van der Waals surface area contributed by atoms with Gasteiger partial charge in [0.2, 0.25) is 5.91 Å². The first-order chi connectivity index (χ1) is 11.1. The Kier molecular flexibility index (Phi) is 5.80. The fourth-order valence-corrected chi connectivity index (χ4v) is 2.12. The normalized spacial score (nSPS) is 10.6. The number of rotatable bonds is 6. The van der Waals surface area contributed by atoms with Gasteiger partial charge in [0.1, 0.15) is 0 Å². The van der Waals surface area contributed by atoms with E-state index in [0.717, 1.165) is 16.8 Å². The van der Waals surface area contributed by atoms with Crippen LogP contribution in [-0.4, -0.2) is 19.6 Å². The Bertz CT molecular complexity index is 708. The van der Waals surface area contributed by atoms with Crippen molar-refractivity contribution in [3.05, 3.63) is 59.7 Å². The summed E-state index contributed by atoms with van der Waals surface area (Å²) in [5.41, 5.74) is 2.70. The molecule has 0 fully saturated rings. The summed E-state index contributed by atoms with van der Waals surface area (Å²) in [6, 6.07) is 13.2. The first kappa shape index (κ1) is 16.6. The Balaban J connectivity index is 2.07. The van der Waals surface area contributed by atoms with Crippen molar-refractivity contribution < 1.29 is 14.3 Å². The first-order valence-electron chi connectivity index (χ1n) is 7.49. The highest BCUT2D eigenvalue weighted by molar-refractivity contribution is 6.02. The molecule has 0 radical (unpaired) electrons. The number of aryl methyl sites for hydroxylation is 1. The van der Waals surface area contributed by atoms with Gasteiger partial charge in [-0.3, -0.25) is 4.79 Å². The second kappa shape index (κ2) is 8.03. The van der Waals surface area contributed by atoms with Crippen molar-refractivity contribution in [1.29, 1.82) is 0 Å². The van der Waals surface area contributed by atoms with E-state index in [2.05, 4.69) is 5.32 Å². The third-order valence-corrected chi connectivity index (χ3v) is 3.32. The molecule has 2 aromatic rings. The lowest BCUT2D eigenvalue weighted by molar-refractivity contribution is -0.111. The maximum atomic E-state index is 12.0. The highest BCUT2D eigenvalue weighted by Gasteiger charge is 2.04. The minimum atomic E-state index is -0.174. The van der Waals surface area contributed by atoms with E-state index in [4.69, 9.17) is 9.47 Å². The third-order valence-electron chi connectivity index (χ3n) is 3.32. The standard InChI is InChI=1S/C19H21NO3/c1-4-23-17-11-9-15(13-18(17)22-3)10-12-19(21)20-16-8-6-5-7-14(16)2/h5-13H,4H2,1-3H3,(H,20,21)/b12-10+. The summed E-state index contributed by atoms with van der Waals surface area (Å²) in [6.07, 6.45) is 3.24. The quantitative estimate of drug-likeness (QED) is 0.819. The van der Waals surface area contributed by atoms with Crippen LogP contribution in [0.25, 0.3) is 6.08 Å². The van der Waals surface area contributed by atoms with Crippen LogP contribution in [0.2, 0.25) is 0 Å². The molecule has 0 aliphatic heterocycles. The van der Waals surface area contributed by atoms with Crippen LogP contribution in [0.1, 0.15) is 18.1 Å². The number of nitrogens with one attached hydrogen (secondary N) is 1. The molecule has 2 aromatic carbocycles. The van der Waals surface area contributed by atoms with Crippen LogP contribution in [0, 0.1) is 6.92 Å². The van der Waals surface area contributed by atoms with Gasteiger partial charge in [-0.2, -0.15) is 0 Å².